The second-order valence-electron chi connectivity index (χ2n) is 4.34. The Morgan fingerprint density at radius 2 is 1.89 bits per heavy atom. The first-order chi connectivity index (χ1) is 8.47. The average molecular weight is 261 g/mol. The molecule has 0 amide bonds. The largest absolute Gasteiger partial charge is 0.398 e. The van der Waals surface area contributed by atoms with Crippen molar-refractivity contribution < 1.29 is 13.0 Å². The lowest BCUT2D eigenvalue weighted by Crippen LogP contribution is -1.98. The van der Waals surface area contributed by atoms with Crippen LogP contribution in [-0.2, 0) is 16.5 Å². The van der Waals surface area contributed by atoms with Crippen molar-refractivity contribution in [2.75, 3.05) is 5.73 Å². The minimum Gasteiger partial charge on any atom is -0.398 e. The van der Waals surface area contributed by atoms with E-state index >= 15 is 0 Å². The van der Waals surface area contributed by atoms with E-state index in [1.54, 1.807) is 6.07 Å². The van der Waals surface area contributed by atoms with Crippen LogP contribution in [0.15, 0.2) is 41.3 Å². The van der Waals surface area contributed by atoms with Crippen LogP contribution in [-0.4, -0.2) is 13.0 Å². The molecule has 1 aliphatic carbocycles. The average Bonchev–Trinajstić information content (AvgIpc) is 2.67. The molecule has 0 heterocycles. The van der Waals surface area contributed by atoms with Gasteiger partial charge in [0.25, 0.3) is 10.1 Å². The van der Waals surface area contributed by atoms with Gasteiger partial charge in [0.1, 0.15) is 0 Å². The normalized spacial score (nSPS) is 13.2. The highest BCUT2D eigenvalue weighted by Gasteiger charge is 2.22. The first-order valence-corrected chi connectivity index (χ1v) is 6.89. The molecule has 0 saturated carbocycles. The quantitative estimate of drug-likeness (QED) is 0.519. The number of hydrogen-bond donors (Lipinski definition) is 2. The van der Waals surface area contributed by atoms with Gasteiger partial charge in [0.05, 0.1) is 4.90 Å². The van der Waals surface area contributed by atoms with Crippen LogP contribution in [0.4, 0.5) is 5.69 Å². The van der Waals surface area contributed by atoms with Crippen LogP contribution in [0, 0.1) is 0 Å². The molecule has 0 saturated heterocycles. The highest BCUT2D eigenvalue weighted by molar-refractivity contribution is 7.85. The van der Waals surface area contributed by atoms with Crippen molar-refractivity contribution >= 4 is 15.8 Å². The number of benzene rings is 2. The number of nitrogens with two attached hydrogens (primary N) is 1. The van der Waals surface area contributed by atoms with E-state index in [9.17, 15) is 8.42 Å². The van der Waals surface area contributed by atoms with Crippen molar-refractivity contribution in [2.24, 2.45) is 0 Å². The molecule has 0 bridgehead atoms. The van der Waals surface area contributed by atoms with Crippen LogP contribution in [0.1, 0.15) is 11.1 Å². The molecule has 0 radical (unpaired) electrons. The van der Waals surface area contributed by atoms with E-state index < -0.39 is 10.1 Å². The number of anilines is 1. The predicted octanol–water partition coefficient (Wildman–Crippen LogP) is 2.09. The van der Waals surface area contributed by atoms with Crippen LogP contribution in [0.25, 0.3) is 11.1 Å². The van der Waals surface area contributed by atoms with Gasteiger partial charge in [-0.3, -0.25) is 4.55 Å². The molecule has 3 N–H and O–H groups in total. The lowest BCUT2D eigenvalue weighted by molar-refractivity contribution is 0.483. The summed E-state index contributed by atoms with van der Waals surface area (Å²) in [5.74, 6) is 0. The Labute approximate surface area is 105 Å². The lowest BCUT2D eigenvalue weighted by Gasteiger charge is -2.03. The maximum atomic E-state index is 11.1. The Kier molecular flexibility index (Phi) is 2.23. The smallest absolute Gasteiger partial charge is 0.294 e. The summed E-state index contributed by atoms with van der Waals surface area (Å²) in [6.07, 6.45) is 0.598. The van der Waals surface area contributed by atoms with Gasteiger partial charge in [0, 0.05) is 12.1 Å². The summed E-state index contributed by atoms with van der Waals surface area (Å²) < 4.78 is 31.2. The van der Waals surface area contributed by atoms with Crippen molar-refractivity contribution in [3.63, 3.8) is 0 Å². The Balaban J connectivity index is 2.21. The zero-order valence-corrected chi connectivity index (χ0v) is 10.2. The van der Waals surface area contributed by atoms with Crippen molar-refractivity contribution in [3.05, 3.63) is 47.5 Å². The first-order valence-electron chi connectivity index (χ1n) is 5.45. The molecule has 1 aliphatic rings. The molecule has 2 aromatic carbocycles. The van der Waals surface area contributed by atoms with E-state index in [2.05, 4.69) is 0 Å². The van der Waals surface area contributed by atoms with Gasteiger partial charge in [-0.2, -0.15) is 8.42 Å². The van der Waals surface area contributed by atoms with Crippen LogP contribution in [0.3, 0.4) is 0 Å². The summed E-state index contributed by atoms with van der Waals surface area (Å²) in [5.41, 5.74) is 10.5. The number of rotatable bonds is 1. The zero-order valence-electron chi connectivity index (χ0n) is 9.42. The molecule has 5 heteroatoms. The summed E-state index contributed by atoms with van der Waals surface area (Å²) in [5, 5.41) is 0. The third kappa shape index (κ3) is 1.60. The molecule has 92 valence electrons. The van der Waals surface area contributed by atoms with Crippen LogP contribution in [0.5, 0.6) is 0 Å². The third-order valence-electron chi connectivity index (χ3n) is 3.24. The fraction of sp³-hybridized carbons (Fsp3) is 0.0769. The maximum absolute atomic E-state index is 11.1. The fourth-order valence-electron chi connectivity index (χ4n) is 2.38. The molecule has 0 spiro atoms. The van der Waals surface area contributed by atoms with Gasteiger partial charge in [-0.15, -0.1) is 0 Å². The summed E-state index contributed by atoms with van der Waals surface area (Å²) in [6.45, 7) is 0. The summed E-state index contributed by atoms with van der Waals surface area (Å²) in [6, 6.07) is 10.3. The second kappa shape index (κ2) is 3.57. The minimum absolute atomic E-state index is 0.0763. The molecule has 0 aromatic heterocycles. The van der Waals surface area contributed by atoms with Crippen molar-refractivity contribution in [2.45, 2.75) is 11.3 Å². The Morgan fingerprint density at radius 1 is 1.11 bits per heavy atom. The van der Waals surface area contributed by atoms with E-state index in [-0.39, 0.29) is 4.90 Å². The van der Waals surface area contributed by atoms with E-state index in [4.69, 9.17) is 10.3 Å². The van der Waals surface area contributed by atoms with Gasteiger partial charge in [-0.1, -0.05) is 18.2 Å². The molecular weight excluding hydrogens is 250 g/mol. The number of hydrogen-bond acceptors (Lipinski definition) is 3. The van der Waals surface area contributed by atoms with E-state index in [1.807, 2.05) is 18.2 Å². The van der Waals surface area contributed by atoms with Gasteiger partial charge in [-0.25, -0.2) is 0 Å². The summed E-state index contributed by atoms with van der Waals surface area (Å²) in [4.78, 5) is -0.0763. The summed E-state index contributed by atoms with van der Waals surface area (Å²) >= 11 is 0. The molecule has 18 heavy (non-hydrogen) atoms. The molecule has 0 unspecified atom stereocenters. The molecule has 0 fully saturated rings. The second-order valence-corrected chi connectivity index (χ2v) is 5.77. The summed E-state index contributed by atoms with van der Waals surface area (Å²) in [7, 11) is -4.15. The lowest BCUT2D eigenvalue weighted by atomic mass is 10.1. The number of nitrogen functional groups attached to an aromatic ring is 1. The van der Waals surface area contributed by atoms with Gasteiger partial charge in [0.15, 0.2) is 0 Å². The first kappa shape index (κ1) is 11.3. The maximum Gasteiger partial charge on any atom is 0.294 e. The Bertz CT molecular complexity index is 751. The topological polar surface area (TPSA) is 80.4 Å². The number of fused-ring (bicyclic) bond motifs is 3. The van der Waals surface area contributed by atoms with Crippen molar-refractivity contribution in [1.29, 1.82) is 0 Å². The van der Waals surface area contributed by atoms with Crippen molar-refractivity contribution in [3.8, 4) is 11.1 Å². The van der Waals surface area contributed by atoms with Gasteiger partial charge in [0.2, 0.25) is 0 Å². The highest BCUT2D eigenvalue weighted by Crippen LogP contribution is 2.39. The fourth-order valence-corrected chi connectivity index (χ4v) is 2.92. The predicted molar refractivity (Wildman–Crippen MR) is 68.9 cm³/mol. The molecule has 2 aromatic rings. The van der Waals surface area contributed by atoms with E-state index in [1.165, 1.54) is 12.1 Å². The van der Waals surface area contributed by atoms with Crippen LogP contribution < -0.4 is 5.73 Å². The van der Waals surface area contributed by atoms with Crippen LogP contribution in [0.2, 0.25) is 0 Å². The van der Waals surface area contributed by atoms with E-state index in [0.717, 1.165) is 22.3 Å². The molecule has 4 nitrogen and oxygen atoms in total. The molecule has 0 atom stereocenters. The van der Waals surface area contributed by atoms with Gasteiger partial charge < -0.3 is 5.73 Å². The zero-order chi connectivity index (χ0) is 12.9. The molecule has 3 rings (SSSR count). The molecule has 0 aliphatic heterocycles. The third-order valence-corrected chi connectivity index (χ3v) is 4.09. The minimum atomic E-state index is -4.15. The van der Waals surface area contributed by atoms with Gasteiger partial charge >= 0.3 is 0 Å². The SMILES string of the molecule is Nc1cccc2c1Cc1cc(S(=O)(=O)O)ccc1-2. The Hall–Kier alpha value is -1.85. The van der Waals surface area contributed by atoms with Crippen LogP contribution >= 0.6 is 0 Å². The van der Waals surface area contributed by atoms with Crippen molar-refractivity contribution in [1.82, 2.24) is 0 Å². The Morgan fingerprint density at radius 3 is 2.61 bits per heavy atom. The van der Waals surface area contributed by atoms with E-state index in [0.29, 0.717) is 12.1 Å². The van der Waals surface area contributed by atoms with Gasteiger partial charge in [-0.05, 0) is 40.5 Å². The standard InChI is InChI=1S/C13H11NO3S/c14-13-3-1-2-11-10-5-4-9(18(15,16)17)6-8(10)7-12(11)13/h1-6H,7,14H2,(H,15,16,17). The monoisotopic (exact) mass is 261 g/mol. The molecular formula is C13H11NO3S. The highest BCUT2D eigenvalue weighted by atomic mass is 32.2.